The normalized spacial score (nSPS) is 9.39. The van der Waals surface area contributed by atoms with Gasteiger partial charge in [-0.15, -0.1) is 0 Å². The van der Waals surface area contributed by atoms with Crippen molar-refractivity contribution in [3.05, 3.63) is 45.5 Å². The lowest BCUT2D eigenvalue weighted by Gasteiger charge is -2.01. The lowest BCUT2D eigenvalue weighted by molar-refractivity contribution is -0.384. The van der Waals surface area contributed by atoms with Crippen LogP contribution in [-0.2, 0) is 16.1 Å². The van der Waals surface area contributed by atoms with Crippen LogP contribution >= 0.6 is 0 Å². The Kier molecular flexibility index (Phi) is 4.71. The van der Waals surface area contributed by atoms with Gasteiger partial charge in [-0.25, -0.2) is 4.79 Å². The van der Waals surface area contributed by atoms with Crippen molar-refractivity contribution in [1.29, 1.82) is 0 Å². The number of hydrogen-bond donors (Lipinski definition) is 0. The predicted molar refractivity (Wildman–Crippen MR) is 61.8 cm³/mol. The molecule has 0 N–H and O–H groups in total. The maximum Gasteiger partial charge on any atom is 0.417 e. The van der Waals surface area contributed by atoms with Crippen LogP contribution in [0.25, 0.3) is 5.53 Å². The highest BCUT2D eigenvalue weighted by Gasteiger charge is 2.19. The molecule has 7 nitrogen and oxygen atoms in total. The second-order valence-electron chi connectivity index (χ2n) is 3.40. The maximum atomic E-state index is 11.3. The van der Waals surface area contributed by atoms with E-state index in [0.717, 1.165) is 0 Å². The molecule has 1 aromatic carbocycles. The molecule has 0 unspecified atom stereocenters. The Balaban J connectivity index is 2.62. The Bertz CT molecular complexity index is 504. The van der Waals surface area contributed by atoms with Gasteiger partial charge in [-0.3, -0.25) is 10.1 Å². The van der Waals surface area contributed by atoms with Crippen LogP contribution in [0.3, 0.4) is 0 Å². The molecule has 0 aliphatic rings. The molecule has 0 saturated carbocycles. The molecule has 0 bridgehead atoms. The Hall–Kier alpha value is -2.53. The van der Waals surface area contributed by atoms with Gasteiger partial charge in [0.15, 0.2) is 0 Å². The van der Waals surface area contributed by atoms with Gasteiger partial charge in [0.25, 0.3) is 5.69 Å². The molecule has 1 aromatic rings. The fourth-order valence-electron chi connectivity index (χ4n) is 1.20. The molecule has 7 heteroatoms. The summed E-state index contributed by atoms with van der Waals surface area (Å²) in [5.41, 5.74) is 9.01. The van der Waals surface area contributed by atoms with Gasteiger partial charge >= 0.3 is 11.7 Å². The van der Waals surface area contributed by atoms with Gasteiger partial charge in [0, 0.05) is 12.1 Å². The molecule has 0 radical (unpaired) electrons. The zero-order chi connectivity index (χ0) is 13.5. The van der Waals surface area contributed by atoms with Gasteiger partial charge in [0.05, 0.1) is 11.3 Å². The van der Waals surface area contributed by atoms with Crippen molar-refractivity contribution in [2.24, 2.45) is 0 Å². The van der Waals surface area contributed by atoms with Crippen molar-refractivity contribution in [3.8, 4) is 0 Å². The number of carbonyl (C=O) groups is 1. The standard InChI is InChI=1S/C11H11N3O4/c1-2-10(13-12)11(15)18-7-8-3-5-9(6-4-8)14(16)17/h3-6H,2,7H2,1H3. The van der Waals surface area contributed by atoms with Crippen LogP contribution in [0.15, 0.2) is 24.3 Å². The van der Waals surface area contributed by atoms with Crippen molar-refractivity contribution in [2.45, 2.75) is 20.0 Å². The van der Waals surface area contributed by atoms with Crippen LogP contribution in [-0.4, -0.2) is 21.4 Å². The van der Waals surface area contributed by atoms with E-state index in [0.29, 0.717) is 5.56 Å². The van der Waals surface area contributed by atoms with E-state index in [1.165, 1.54) is 24.3 Å². The van der Waals surface area contributed by atoms with Crippen molar-refractivity contribution < 1.29 is 19.2 Å². The molecule has 0 aliphatic heterocycles. The maximum absolute atomic E-state index is 11.3. The van der Waals surface area contributed by atoms with Crippen LogP contribution in [0.5, 0.6) is 0 Å². The molecule has 0 aromatic heterocycles. The highest BCUT2D eigenvalue weighted by molar-refractivity contribution is 6.33. The molecular weight excluding hydrogens is 238 g/mol. The van der Waals surface area contributed by atoms with Crippen molar-refractivity contribution in [3.63, 3.8) is 0 Å². The van der Waals surface area contributed by atoms with Crippen LogP contribution in [0.4, 0.5) is 5.69 Å². The monoisotopic (exact) mass is 249 g/mol. The average Bonchev–Trinajstić information content (AvgIpc) is 2.38. The van der Waals surface area contributed by atoms with E-state index in [1.54, 1.807) is 6.92 Å². The van der Waals surface area contributed by atoms with E-state index in [-0.39, 0.29) is 24.4 Å². The average molecular weight is 249 g/mol. The zero-order valence-electron chi connectivity index (χ0n) is 9.70. The molecule has 1 rings (SSSR count). The summed E-state index contributed by atoms with van der Waals surface area (Å²) in [6, 6.07) is 5.63. The van der Waals surface area contributed by atoms with Crippen LogP contribution in [0.1, 0.15) is 18.9 Å². The molecule has 94 valence electrons. The minimum Gasteiger partial charge on any atom is -0.452 e. The Morgan fingerprint density at radius 1 is 1.44 bits per heavy atom. The Morgan fingerprint density at radius 3 is 2.50 bits per heavy atom. The first-order valence-corrected chi connectivity index (χ1v) is 5.19. The highest BCUT2D eigenvalue weighted by atomic mass is 16.6. The van der Waals surface area contributed by atoms with E-state index >= 15 is 0 Å². The van der Waals surface area contributed by atoms with Crippen LogP contribution in [0, 0.1) is 10.1 Å². The number of nitro benzene ring substituents is 1. The summed E-state index contributed by atoms with van der Waals surface area (Å²) in [6.07, 6.45) is 0.260. The second kappa shape index (κ2) is 6.27. The van der Waals surface area contributed by atoms with Gasteiger partial charge in [-0.2, -0.15) is 4.79 Å². The number of nitro groups is 1. The van der Waals surface area contributed by atoms with E-state index < -0.39 is 10.9 Å². The molecule has 0 fully saturated rings. The third-order valence-electron chi connectivity index (χ3n) is 2.21. The third kappa shape index (κ3) is 3.50. The predicted octanol–water partition coefficient (Wildman–Crippen LogP) is 1.72. The van der Waals surface area contributed by atoms with E-state index in [4.69, 9.17) is 10.3 Å². The molecule has 0 aliphatic carbocycles. The molecule has 0 heterocycles. The number of esters is 1. The molecule has 0 amide bonds. The molecular formula is C11H11N3O4. The first-order chi connectivity index (χ1) is 8.58. The number of rotatable bonds is 5. The topological polar surface area (TPSA) is 106 Å². The van der Waals surface area contributed by atoms with Crippen molar-refractivity contribution in [2.75, 3.05) is 0 Å². The van der Waals surface area contributed by atoms with E-state index in [9.17, 15) is 14.9 Å². The van der Waals surface area contributed by atoms with Crippen LogP contribution < -0.4 is 0 Å². The van der Waals surface area contributed by atoms with E-state index in [1.807, 2.05) is 0 Å². The largest absolute Gasteiger partial charge is 0.452 e. The number of benzene rings is 1. The number of nitrogens with zero attached hydrogens (tertiary/aromatic N) is 3. The summed E-state index contributed by atoms with van der Waals surface area (Å²) in [5, 5.41) is 10.4. The number of non-ortho nitro benzene ring substituents is 1. The molecule has 18 heavy (non-hydrogen) atoms. The highest BCUT2D eigenvalue weighted by Crippen LogP contribution is 2.12. The minimum atomic E-state index is -0.710. The zero-order valence-corrected chi connectivity index (χ0v) is 9.70. The lowest BCUT2D eigenvalue weighted by Crippen LogP contribution is -2.17. The Labute approximate surface area is 103 Å². The van der Waals surface area contributed by atoms with Crippen LogP contribution in [0.2, 0.25) is 0 Å². The summed E-state index contributed by atoms with van der Waals surface area (Å²) >= 11 is 0. The molecule has 0 saturated heterocycles. The second-order valence-corrected chi connectivity index (χ2v) is 3.40. The number of carbonyl (C=O) groups excluding carboxylic acids is 1. The quantitative estimate of drug-likeness (QED) is 0.198. The summed E-state index contributed by atoms with van der Waals surface area (Å²) in [5.74, 6) is -0.710. The fourth-order valence-corrected chi connectivity index (χ4v) is 1.20. The molecule has 0 spiro atoms. The third-order valence-corrected chi connectivity index (χ3v) is 2.21. The van der Waals surface area contributed by atoms with Crippen molar-refractivity contribution >= 4 is 17.4 Å². The molecule has 0 atom stereocenters. The first-order valence-electron chi connectivity index (χ1n) is 5.19. The Morgan fingerprint density at radius 2 is 2.06 bits per heavy atom. The first kappa shape index (κ1) is 13.5. The summed E-state index contributed by atoms with van der Waals surface area (Å²) in [7, 11) is 0. The smallest absolute Gasteiger partial charge is 0.417 e. The summed E-state index contributed by atoms with van der Waals surface area (Å²) in [4.78, 5) is 24.1. The fraction of sp³-hybridized carbons (Fsp3) is 0.273. The number of hydrogen-bond acceptors (Lipinski definition) is 4. The van der Waals surface area contributed by atoms with E-state index in [2.05, 4.69) is 4.79 Å². The van der Waals surface area contributed by atoms with Crippen molar-refractivity contribution in [1.82, 2.24) is 0 Å². The van der Waals surface area contributed by atoms with Gasteiger partial charge in [0.2, 0.25) is 0 Å². The summed E-state index contributed by atoms with van der Waals surface area (Å²) < 4.78 is 4.87. The van der Waals surface area contributed by atoms with Gasteiger partial charge < -0.3 is 10.3 Å². The van der Waals surface area contributed by atoms with Gasteiger partial charge in [-0.05, 0) is 17.7 Å². The number of ether oxygens (including phenoxy) is 1. The SMILES string of the molecule is CCC(=[N+]=[N-])C(=O)OCc1ccc([N+](=O)[O-])cc1. The van der Waals surface area contributed by atoms with Gasteiger partial charge in [-0.1, -0.05) is 6.92 Å². The lowest BCUT2D eigenvalue weighted by atomic mass is 10.2. The minimum absolute atomic E-state index is 0.0313. The van der Waals surface area contributed by atoms with Gasteiger partial charge in [0.1, 0.15) is 6.61 Å². The summed E-state index contributed by atoms with van der Waals surface area (Å²) in [6.45, 7) is 1.62.